The number of anilines is 1. The lowest BCUT2D eigenvalue weighted by Crippen LogP contribution is -2.24. The molecule has 0 bridgehead atoms. The van der Waals surface area contributed by atoms with Gasteiger partial charge in [-0.25, -0.2) is 0 Å². The van der Waals surface area contributed by atoms with E-state index in [-0.39, 0.29) is 0 Å². The van der Waals surface area contributed by atoms with E-state index in [0.29, 0.717) is 12.2 Å². The molecule has 0 aromatic heterocycles. The van der Waals surface area contributed by atoms with E-state index >= 15 is 0 Å². The standard InChI is InChI=1S/C16H19BrN2O/c1-19(10-12-5-4-6-13(17)9-12)11-16(20)14-7-2-3-8-15(14)18/h2-9,16,20H,10-11,18H2,1H3. The maximum absolute atomic E-state index is 10.3. The topological polar surface area (TPSA) is 49.5 Å². The molecule has 0 aliphatic heterocycles. The summed E-state index contributed by atoms with van der Waals surface area (Å²) in [6, 6.07) is 15.6. The minimum absolute atomic E-state index is 0.542. The molecule has 2 aromatic rings. The van der Waals surface area contributed by atoms with Crippen LogP contribution in [0, 0.1) is 0 Å². The lowest BCUT2D eigenvalue weighted by molar-refractivity contribution is 0.124. The number of rotatable bonds is 5. The molecule has 106 valence electrons. The van der Waals surface area contributed by atoms with E-state index in [1.807, 2.05) is 43.4 Å². The Balaban J connectivity index is 1.98. The molecule has 0 spiro atoms. The number of benzene rings is 2. The summed E-state index contributed by atoms with van der Waals surface area (Å²) in [6.07, 6.45) is -0.576. The molecule has 0 radical (unpaired) electrons. The number of hydrogen-bond donors (Lipinski definition) is 2. The summed E-state index contributed by atoms with van der Waals surface area (Å²) in [4.78, 5) is 2.08. The van der Waals surface area contributed by atoms with Crippen LogP contribution in [0.25, 0.3) is 0 Å². The summed E-state index contributed by atoms with van der Waals surface area (Å²) in [5, 5.41) is 10.3. The van der Waals surface area contributed by atoms with Crippen molar-refractivity contribution in [1.29, 1.82) is 0 Å². The summed E-state index contributed by atoms with van der Waals surface area (Å²) < 4.78 is 1.07. The molecule has 0 fully saturated rings. The zero-order valence-electron chi connectivity index (χ0n) is 11.5. The van der Waals surface area contributed by atoms with Gasteiger partial charge >= 0.3 is 0 Å². The third kappa shape index (κ3) is 4.07. The van der Waals surface area contributed by atoms with E-state index in [4.69, 9.17) is 5.73 Å². The molecule has 0 aliphatic carbocycles. The Morgan fingerprint density at radius 2 is 1.95 bits per heavy atom. The van der Waals surface area contributed by atoms with E-state index in [1.165, 1.54) is 5.56 Å². The number of nitrogens with two attached hydrogens (primary N) is 1. The highest BCUT2D eigenvalue weighted by atomic mass is 79.9. The number of halogens is 1. The highest BCUT2D eigenvalue weighted by molar-refractivity contribution is 9.10. The van der Waals surface area contributed by atoms with Crippen LogP contribution in [0.1, 0.15) is 17.2 Å². The lowest BCUT2D eigenvalue weighted by atomic mass is 10.1. The van der Waals surface area contributed by atoms with E-state index < -0.39 is 6.10 Å². The molecule has 0 heterocycles. The minimum Gasteiger partial charge on any atom is -0.398 e. The molecule has 1 unspecified atom stereocenters. The normalized spacial score (nSPS) is 12.6. The molecule has 0 aliphatic rings. The molecule has 20 heavy (non-hydrogen) atoms. The molecule has 0 saturated heterocycles. The van der Waals surface area contributed by atoms with Crippen LogP contribution in [-0.2, 0) is 6.54 Å². The van der Waals surface area contributed by atoms with Gasteiger partial charge in [-0.3, -0.25) is 4.90 Å². The number of para-hydroxylation sites is 1. The number of aliphatic hydroxyl groups is 1. The first-order valence-electron chi connectivity index (χ1n) is 6.51. The van der Waals surface area contributed by atoms with Crippen LogP contribution in [0.5, 0.6) is 0 Å². The number of aliphatic hydroxyl groups excluding tert-OH is 1. The molecule has 0 saturated carbocycles. The van der Waals surface area contributed by atoms with Gasteiger partial charge < -0.3 is 10.8 Å². The van der Waals surface area contributed by atoms with Gasteiger partial charge in [0.25, 0.3) is 0 Å². The maximum Gasteiger partial charge on any atom is 0.0936 e. The highest BCUT2D eigenvalue weighted by Crippen LogP contribution is 2.21. The molecule has 1 atom stereocenters. The Bertz CT molecular complexity index is 574. The first kappa shape index (κ1) is 15.0. The van der Waals surface area contributed by atoms with Gasteiger partial charge in [-0.2, -0.15) is 0 Å². The number of likely N-dealkylation sites (N-methyl/N-ethyl adjacent to an activating group) is 1. The van der Waals surface area contributed by atoms with Gasteiger partial charge in [0.05, 0.1) is 6.10 Å². The third-order valence-electron chi connectivity index (χ3n) is 3.18. The second kappa shape index (κ2) is 6.88. The summed E-state index contributed by atoms with van der Waals surface area (Å²) >= 11 is 3.46. The van der Waals surface area contributed by atoms with Gasteiger partial charge in [0.15, 0.2) is 0 Å². The maximum atomic E-state index is 10.3. The van der Waals surface area contributed by atoms with Crippen molar-refractivity contribution in [2.24, 2.45) is 0 Å². The number of hydrogen-bond acceptors (Lipinski definition) is 3. The molecule has 0 amide bonds. The molecule has 3 N–H and O–H groups in total. The second-order valence-corrected chi connectivity index (χ2v) is 5.89. The van der Waals surface area contributed by atoms with Crippen molar-refractivity contribution in [3.63, 3.8) is 0 Å². The van der Waals surface area contributed by atoms with Gasteiger partial charge in [-0.1, -0.05) is 46.3 Å². The zero-order chi connectivity index (χ0) is 14.5. The predicted molar refractivity (Wildman–Crippen MR) is 86.3 cm³/mol. The van der Waals surface area contributed by atoms with Crippen LogP contribution >= 0.6 is 15.9 Å². The number of nitrogen functional groups attached to an aromatic ring is 1. The minimum atomic E-state index is -0.576. The molecular formula is C16H19BrN2O. The van der Waals surface area contributed by atoms with Crippen LogP contribution in [0.3, 0.4) is 0 Å². The Kier molecular flexibility index (Phi) is 5.17. The van der Waals surface area contributed by atoms with Crippen LogP contribution < -0.4 is 5.73 Å². The summed E-state index contributed by atoms with van der Waals surface area (Å²) in [7, 11) is 1.99. The fourth-order valence-corrected chi connectivity index (χ4v) is 2.67. The van der Waals surface area contributed by atoms with Crippen molar-refractivity contribution >= 4 is 21.6 Å². The fourth-order valence-electron chi connectivity index (χ4n) is 2.22. The van der Waals surface area contributed by atoms with Crippen LogP contribution in [0.4, 0.5) is 5.69 Å². The Morgan fingerprint density at radius 3 is 2.65 bits per heavy atom. The first-order valence-corrected chi connectivity index (χ1v) is 7.31. The van der Waals surface area contributed by atoms with Crippen molar-refractivity contribution in [2.45, 2.75) is 12.6 Å². The molecule has 3 nitrogen and oxygen atoms in total. The summed E-state index contributed by atoms with van der Waals surface area (Å²) in [6.45, 7) is 1.32. The van der Waals surface area contributed by atoms with Crippen molar-refractivity contribution < 1.29 is 5.11 Å². The average molecular weight is 335 g/mol. The van der Waals surface area contributed by atoms with E-state index in [0.717, 1.165) is 16.6 Å². The monoisotopic (exact) mass is 334 g/mol. The average Bonchev–Trinajstić information content (AvgIpc) is 2.38. The van der Waals surface area contributed by atoms with Crippen molar-refractivity contribution in [3.8, 4) is 0 Å². The van der Waals surface area contributed by atoms with Gasteiger partial charge in [0, 0.05) is 28.8 Å². The van der Waals surface area contributed by atoms with E-state index in [1.54, 1.807) is 0 Å². The molecule has 2 aromatic carbocycles. The van der Waals surface area contributed by atoms with Crippen molar-refractivity contribution in [1.82, 2.24) is 4.90 Å². The van der Waals surface area contributed by atoms with Crippen molar-refractivity contribution in [2.75, 3.05) is 19.3 Å². The molecule has 4 heteroatoms. The number of nitrogens with zero attached hydrogens (tertiary/aromatic N) is 1. The van der Waals surface area contributed by atoms with Crippen LogP contribution in [-0.4, -0.2) is 23.6 Å². The highest BCUT2D eigenvalue weighted by Gasteiger charge is 2.13. The van der Waals surface area contributed by atoms with Gasteiger partial charge in [-0.15, -0.1) is 0 Å². The predicted octanol–water partition coefficient (Wildman–Crippen LogP) is 3.20. The largest absolute Gasteiger partial charge is 0.398 e. The summed E-state index contributed by atoms with van der Waals surface area (Å²) in [5.74, 6) is 0. The van der Waals surface area contributed by atoms with E-state index in [9.17, 15) is 5.11 Å². The molecule has 2 rings (SSSR count). The lowest BCUT2D eigenvalue weighted by Gasteiger charge is -2.21. The van der Waals surface area contributed by atoms with Gasteiger partial charge in [0.2, 0.25) is 0 Å². The smallest absolute Gasteiger partial charge is 0.0936 e. The Labute approximate surface area is 128 Å². The molecular weight excluding hydrogens is 316 g/mol. The fraction of sp³-hybridized carbons (Fsp3) is 0.250. The first-order chi connectivity index (χ1) is 9.56. The quantitative estimate of drug-likeness (QED) is 0.825. The summed E-state index contributed by atoms with van der Waals surface area (Å²) in [5.41, 5.74) is 8.51. The van der Waals surface area contributed by atoms with Crippen molar-refractivity contribution in [3.05, 3.63) is 64.1 Å². The third-order valence-corrected chi connectivity index (χ3v) is 3.67. The van der Waals surface area contributed by atoms with Gasteiger partial charge in [0.1, 0.15) is 0 Å². The zero-order valence-corrected chi connectivity index (χ0v) is 13.0. The van der Waals surface area contributed by atoms with Crippen LogP contribution in [0.2, 0.25) is 0 Å². The van der Waals surface area contributed by atoms with Crippen LogP contribution in [0.15, 0.2) is 53.0 Å². The van der Waals surface area contributed by atoms with Gasteiger partial charge in [-0.05, 0) is 30.8 Å². The second-order valence-electron chi connectivity index (χ2n) is 4.97. The Hall–Kier alpha value is -1.36. The SMILES string of the molecule is CN(Cc1cccc(Br)c1)CC(O)c1ccccc1N. The van der Waals surface area contributed by atoms with E-state index in [2.05, 4.69) is 33.0 Å². The Morgan fingerprint density at radius 1 is 1.20 bits per heavy atom.